The summed E-state index contributed by atoms with van der Waals surface area (Å²) in [5.74, 6) is 7.03. The number of likely N-dealkylation sites (N-methyl/N-ethyl adjacent to an activating group) is 2. The molecule has 2 amide bonds. The standard InChI is InChI=1S/C29H37N7O3/c1-5-15-31-28-23(20-32-29(34-28)33-24-12-13-25-22(19-24)14-18-39-25)10-7-6-8-16-30-26(37)21-36(4)27(38)11-9-17-35(2)3/h9,11-14,18-20H,5-6,8,15-17,21H2,1-4H3,(H,30,37)(H2,31,32,33,34)/b11-9+. The van der Waals surface area contributed by atoms with Gasteiger partial charge in [0.2, 0.25) is 17.8 Å². The van der Waals surface area contributed by atoms with Gasteiger partial charge in [0.1, 0.15) is 11.4 Å². The van der Waals surface area contributed by atoms with Crippen LogP contribution in [-0.4, -0.2) is 78.9 Å². The third-order valence-corrected chi connectivity index (χ3v) is 5.55. The summed E-state index contributed by atoms with van der Waals surface area (Å²) in [4.78, 5) is 36.6. The van der Waals surface area contributed by atoms with Crippen LogP contribution in [0, 0.1) is 11.8 Å². The second-order valence-corrected chi connectivity index (χ2v) is 9.30. The Morgan fingerprint density at radius 1 is 1.15 bits per heavy atom. The Balaban J connectivity index is 1.48. The molecule has 0 bridgehead atoms. The van der Waals surface area contributed by atoms with E-state index in [0.717, 1.165) is 29.6 Å². The van der Waals surface area contributed by atoms with Crippen LogP contribution < -0.4 is 16.0 Å². The second kappa shape index (κ2) is 15.1. The molecular weight excluding hydrogens is 494 g/mol. The molecule has 0 spiro atoms. The van der Waals surface area contributed by atoms with Crippen LogP contribution in [0.3, 0.4) is 0 Å². The summed E-state index contributed by atoms with van der Waals surface area (Å²) in [7, 11) is 5.45. The van der Waals surface area contributed by atoms with Crippen LogP contribution in [0.2, 0.25) is 0 Å². The Morgan fingerprint density at radius 3 is 2.79 bits per heavy atom. The summed E-state index contributed by atoms with van der Waals surface area (Å²) < 4.78 is 5.39. The highest BCUT2D eigenvalue weighted by Crippen LogP contribution is 2.23. The van der Waals surface area contributed by atoms with Gasteiger partial charge < -0.3 is 30.2 Å². The molecule has 0 radical (unpaired) electrons. The van der Waals surface area contributed by atoms with Gasteiger partial charge >= 0.3 is 0 Å². The zero-order valence-corrected chi connectivity index (χ0v) is 23.1. The van der Waals surface area contributed by atoms with E-state index in [4.69, 9.17) is 4.42 Å². The van der Waals surface area contributed by atoms with Gasteiger partial charge in [0.15, 0.2) is 0 Å². The number of rotatable bonds is 13. The Kier molecular flexibility index (Phi) is 11.3. The normalized spacial score (nSPS) is 10.9. The smallest absolute Gasteiger partial charge is 0.246 e. The van der Waals surface area contributed by atoms with Crippen molar-refractivity contribution in [2.75, 3.05) is 58.0 Å². The minimum absolute atomic E-state index is 0.0108. The van der Waals surface area contributed by atoms with E-state index in [0.29, 0.717) is 43.3 Å². The average molecular weight is 532 g/mol. The number of anilines is 3. The van der Waals surface area contributed by atoms with Gasteiger partial charge in [-0.05, 0) is 51.2 Å². The highest BCUT2D eigenvalue weighted by atomic mass is 16.3. The molecule has 0 fully saturated rings. The molecule has 3 rings (SSSR count). The maximum absolute atomic E-state index is 12.1. The Bertz CT molecular complexity index is 1340. The fourth-order valence-electron chi connectivity index (χ4n) is 3.49. The summed E-state index contributed by atoms with van der Waals surface area (Å²) in [6.45, 7) is 4.01. The number of carbonyl (C=O) groups excluding carboxylic acids is 2. The van der Waals surface area contributed by atoms with Gasteiger partial charge in [-0.25, -0.2) is 4.98 Å². The fourth-order valence-corrected chi connectivity index (χ4v) is 3.49. The predicted octanol–water partition coefficient (Wildman–Crippen LogP) is 3.61. The Labute approximate surface area is 229 Å². The topological polar surface area (TPSA) is 116 Å². The molecule has 2 aromatic heterocycles. The minimum atomic E-state index is -0.201. The first-order valence-electron chi connectivity index (χ1n) is 13.0. The number of nitrogens with one attached hydrogen (secondary N) is 3. The van der Waals surface area contributed by atoms with E-state index < -0.39 is 0 Å². The van der Waals surface area contributed by atoms with E-state index in [1.807, 2.05) is 43.3 Å². The van der Waals surface area contributed by atoms with E-state index in [9.17, 15) is 9.59 Å². The van der Waals surface area contributed by atoms with Crippen molar-refractivity contribution in [1.29, 1.82) is 0 Å². The van der Waals surface area contributed by atoms with Gasteiger partial charge in [-0.2, -0.15) is 4.98 Å². The average Bonchev–Trinajstić information content (AvgIpc) is 3.38. The fraction of sp³-hybridized carbons (Fsp3) is 0.379. The molecule has 0 saturated heterocycles. The largest absolute Gasteiger partial charge is 0.464 e. The number of nitrogens with zero attached hydrogens (tertiary/aromatic N) is 4. The SMILES string of the molecule is CCCNc1nc(Nc2ccc3occc3c2)ncc1C#CCCCNC(=O)CN(C)C(=O)/C=C/CN(C)C. The van der Waals surface area contributed by atoms with Crippen LogP contribution >= 0.6 is 0 Å². The predicted molar refractivity (Wildman–Crippen MR) is 155 cm³/mol. The van der Waals surface area contributed by atoms with Crippen LogP contribution in [0.1, 0.15) is 31.7 Å². The molecule has 39 heavy (non-hydrogen) atoms. The van der Waals surface area contributed by atoms with Crippen LogP contribution in [0.4, 0.5) is 17.5 Å². The number of aromatic nitrogens is 2. The van der Waals surface area contributed by atoms with Crippen molar-refractivity contribution < 1.29 is 14.0 Å². The lowest BCUT2D eigenvalue weighted by molar-refractivity contribution is -0.131. The summed E-state index contributed by atoms with van der Waals surface area (Å²) in [5, 5.41) is 10.4. The molecule has 10 nitrogen and oxygen atoms in total. The van der Waals surface area contributed by atoms with Crippen molar-refractivity contribution in [2.24, 2.45) is 0 Å². The summed E-state index contributed by atoms with van der Waals surface area (Å²) in [6, 6.07) is 7.71. The first kappa shape index (κ1) is 29.2. The van der Waals surface area contributed by atoms with Crippen LogP contribution in [0.5, 0.6) is 0 Å². The quantitative estimate of drug-likeness (QED) is 0.174. The van der Waals surface area contributed by atoms with Crippen molar-refractivity contribution in [3.05, 3.63) is 54.4 Å². The lowest BCUT2D eigenvalue weighted by atomic mass is 10.2. The third kappa shape index (κ3) is 9.79. The Morgan fingerprint density at radius 2 is 2.00 bits per heavy atom. The molecule has 0 aliphatic rings. The molecule has 3 aromatic rings. The van der Waals surface area contributed by atoms with Crippen molar-refractivity contribution in [1.82, 2.24) is 25.1 Å². The van der Waals surface area contributed by atoms with Crippen molar-refractivity contribution >= 4 is 40.2 Å². The molecule has 0 atom stereocenters. The number of hydrogen-bond acceptors (Lipinski definition) is 8. The zero-order chi connectivity index (χ0) is 28.0. The summed E-state index contributed by atoms with van der Waals surface area (Å²) in [6.07, 6.45) is 8.86. The second-order valence-electron chi connectivity index (χ2n) is 9.30. The van der Waals surface area contributed by atoms with Crippen molar-refractivity contribution in [2.45, 2.75) is 26.2 Å². The first-order valence-corrected chi connectivity index (χ1v) is 13.0. The van der Waals surface area contributed by atoms with Crippen LogP contribution in [-0.2, 0) is 9.59 Å². The van der Waals surface area contributed by atoms with Crippen LogP contribution in [0.15, 0.2) is 53.3 Å². The lowest BCUT2D eigenvalue weighted by Crippen LogP contribution is -2.38. The molecule has 0 saturated carbocycles. The number of carbonyl (C=O) groups is 2. The minimum Gasteiger partial charge on any atom is -0.464 e. The zero-order valence-electron chi connectivity index (χ0n) is 23.1. The van der Waals surface area contributed by atoms with E-state index in [1.165, 1.54) is 11.0 Å². The number of furan rings is 1. The number of amides is 2. The molecule has 1 aromatic carbocycles. The van der Waals surface area contributed by atoms with Gasteiger partial charge in [0.25, 0.3) is 0 Å². The van der Waals surface area contributed by atoms with Gasteiger partial charge in [0.05, 0.1) is 24.6 Å². The number of benzene rings is 1. The highest BCUT2D eigenvalue weighted by Gasteiger charge is 2.10. The van der Waals surface area contributed by atoms with E-state index in [-0.39, 0.29) is 18.4 Å². The molecule has 2 heterocycles. The van der Waals surface area contributed by atoms with Crippen molar-refractivity contribution in [3.8, 4) is 11.8 Å². The molecule has 10 heteroatoms. The summed E-state index contributed by atoms with van der Waals surface area (Å²) in [5.41, 5.74) is 2.40. The van der Waals surface area contributed by atoms with E-state index in [2.05, 4.69) is 44.7 Å². The van der Waals surface area contributed by atoms with E-state index >= 15 is 0 Å². The van der Waals surface area contributed by atoms with Gasteiger partial charge in [-0.15, -0.1) is 0 Å². The molecule has 0 unspecified atom stereocenters. The van der Waals surface area contributed by atoms with Gasteiger partial charge in [-0.3, -0.25) is 9.59 Å². The molecular formula is C29H37N7O3. The number of unbranched alkanes of at least 4 members (excludes halogenated alkanes) is 1. The Hall–Kier alpha value is -4.36. The number of hydrogen-bond donors (Lipinski definition) is 3. The third-order valence-electron chi connectivity index (χ3n) is 5.55. The van der Waals surface area contributed by atoms with Crippen LogP contribution in [0.25, 0.3) is 11.0 Å². The summed E-state index contributed by atoms with van der Waals surface area (Å²) >= 11 is 0. The van der Waals surface area contributed by atoms with Crippen molar-refractivity contribution in [3.63, 3.8) is 0 Å². The maximum Gasteiger partial charge on any atom is 0.246 e. The number of fused-ring (bicyclic) bond motifs is 1. The monoisotopic (exact) mass is 531 g/mol. The van der Waals surface area contributed by atoms with E-state index in [1.54, 1.807) is 25.6 Å². The maximum atomic E-state index is 12.1. The van der Waals surface area contributed by atoms with Gasteiger partial charge in [0, 0.05) is 50.3 Å². The first-order chi connectivity index (χ1) is 18.9. The molecule has 206 valence electrons. The lowest BCUT2D eigenvalue weighted by Gasteiger charge is -2.14. The highest BCUT2D eigenvalue weighted by molar-refractivity contribution is 5.91. The molecule has 3 N–H and O–H groups in total. The van der Waals surface area contributed by atoms with Gasteiger partial charge in [-0.1, -0.05) is 24.8 Å². The molecule has 0 aliphatic heterocycles. The molecule has 0 aliphatic carbocycles.